The fourth-order valence-corrected chi connectivity index (χ4v) is 5.40. The van der Waals surface area contributed by atoms with E-state index in [1.165, 1.54) is 4.31 Å². The van der Waals surface area contributed by atoms with Gasteiger partial charge in [0.1, 0.15) is 12.4 Å². The van der Waals surface area contributed by atoms with Crippen molar-refractivity contribution in [2.75, 3.05) is 26.3 Å². The lowest BCUT2D eigenvalue weighted by Gasteiger charge is -2.26. The van der Waals surface area contributed by atoms with Gasteiger partial charge in [-0.25, -0.2) is 18.2 Å². The van der Waals surface area contributed by atoms with Gasteiger partial charge in [-0.3, -0.25) is 0 Å². The quantitative estimate of drug-likeness (QED) is 0.529. The minimum absolute atomic E-state index is 0.000215. The highest BCUT2D eigenvalue weighted by Gasteiger charge is 2.27. The first kappa shape index (κ1) is 22.4. The topological polar surface area (TPSA) is 90.7 Å². The summed E-state index contributed by atoms with van der Waals surface area (Å²) in [6.07, 6.45) is 0. The lowest BCUT2D eigenvalue weighted by atomic mass is 10.1. The minimum atomic E-state index is -3.62. The molecule has 2 aromatic carbocycles. The summed E-state index contributed by atoms with van der Waals surface area (Å²) in [5.41, 5.74) is 3.81. The van der Waals surface area contributed by atoms with E-state index in [-0.39, 0.29) is 11.5 Å². The van der Waals surface area contributed by atoms with Crippen LogP contribution >= 0.6 is 0 Å². The lowest BCUT2D eigenvalue weighted by Crippen LogP contribution is -2.40. The molecule has 0 spiro atoms. The maximum atomic E-state index is 13.0. The number of benzene rings is 2. The zero-order valence-electron chi connectivity index (χ0n) is 18.5. The molecule has 9 heteroatoms. The Hall–Kier alpha value is -2.75. The molecule has 1 aliphatic heterocycles. The van der Waals surface area contributed by atoms with E-state index < -0.39 is 16.0 Å². The molecule has 0 atom stereocenters. The Morgan fingerprint density at radius 3 is 2.56 bits per heavy atom. The molecular formula is C23H27N3O5S. The number of aryl methyl sites for hydroxylation is 3. The van der Waals surface area contributed by atoms with E-state index in [9.17, 15) is 13.2 Å². The van der Waals surface area contributed by atoms with E-state index >= 15 is 0 Å². The Bertz CT molecular complexity index is 1260. The predicted molar refractivity (Wildman–Crippen MR) is 120 cm³/mol. The molecule has 1 aliphatic rings. The van der Waals surface area contributed by atoms with Gasteiger partial charge >= 0.3 is 5.97 Å². The summed E-state index contributed by atoms with van der Waals surface area (Å²) in [4.78, 5) is 17.4. The SMILES string of the molecule is CCn1c(COC(=O)c2ccc(C)cc2C)nc2cc(S(=O)(=O)N3CCOCC3)ccc21. The molecule has 1 aromatic heterocycles. The molecule has 170 valence electrons. The van der Waals surface area contributed by atoms with Crippen LogP contribution in [0.5, 0.6) is 0 Å². The number of hydrogen-bond donors (Lipinski definition) is 0. The number of sulfonamides is 1. The molecule has 8 nitrogen and oxygen atoms in total. The van der Waals surface area contributed by atoms with Gasteiger partial charge < -0.3 is 14.0 Å². The third-order valence-electron chi connectivity index (χ3n) is 5.66. The second kappa shape index (κ2) is 9.01. The first-order valence-corrected chi connectivity index (χ1v) is 12.1. The number of imidazole rings is 1. The molecule has 0 saturated carbocycles. The van der Waals surface area contributed by atoms with Crippen LogP contribution in [0, 0.1) is 13.8 Å². The average Bonchev–Trinajstić information content (AvgIpc) is 3.14. The van der Waals surface area contributed by atoms with Gasteiger partial charge in [0.25, 0.3) is 0 Å². The summed E-state index contributed by atoms with van der Waals surface area (Å²) in [7, 11) is -3.62. The number of hydrogen-bond acceptors (Lipinski definition) is 6. The number of nitrogens with zero attached hydrogens (tertiary/aromatic N) is 3. The van der Waals surface area contributed by atoms with E-state index in [0.29, 0.717) is 49.8 Å². The minimum Gasteiger partial charge on any atom is -0.454 e. The van der Waals surface area contributed by atoms with Crippen molar-refractivity contribution < 1.29 is 22.7 Å². The first-order valence-electron chi connectivity index (χ1n) is 10.6. The summed E-state index contributed by atoms with van der Waals surface area (Å²) in [5, 5.41) is 0. The number of fused-ring (bicyclic) bond motifs is 1. The van der Waals surface area contributed by atoms with E-state index in [2.05, 4.69) is 4.98 Å². The van der Waals surface area contributed by atoms with E-state index in [0.717, 1.165) is 16.6 Å². The van der Waals surface area contributed by atoms with Crippen LogP contribution in [-0.2, 0) is 32.6 Å². The highest BCUT2D eigenvalue weighted by molar-refractivity contribution is 7.89. The summed E-state index contributed by atoms with van der Waals surface area (Å²) < 4.78 is 40.1. The third-order valence-corrected chi connectivity index (χ3v) is 7.55. The Morgan fingerprint density at radius 2 is 1.88 bits per heavy atom. The van der Waals surface area contributed by atoms with Gasteiger partial charge in [-0.15, -0.1) is 0 Å². The van der Waals surface area contributed by atoms with Gasteiger partial charge in [-0.05, 0) is 50.6 Å². The van der Waals surface area contributed by atoms with Crippen molar-refractivity contribution in [3.8, 4) is 0 Å². The smallest absolute Gasteiger partial charge is 0.338 e. The molecule has 2 heterocycles. The molecular weight excluding hydrogens is 430 g/mol. The van der Waals surface area contributed by atoms with Crippen LogP contribution in [0.1, 0.15) is 34.2 Å². The molecule has 0 bridgehead atoms. The van der Waals surface area contributed by atoms with Gasteiger partial charge in [0, 0.05) is 19.6 Å². The second-order valence-corrected chi connectivity index (χ2v) is 9.77. The van der Waals surface area contributed by atoms with Crippen molar-refractivity contribution >= 4 is 27.0 Å². The predicted octanol–water partition coefficient (Wildman–Crippen LogP) is 3.05. The number of esters is 1. The van der Waals surface area contributed by atoms with Gasteiger partial charge in [-0.1, -0.05) is 17.7 Å². The summed E-state index contributed by atoms with van der Waals surface area (Å²) in [6.45, 7) is 7.88. The normalized spacial score (nSPS) is 15.2. The zero-order chi connectivity index (χ0) is 22.9. The first-order chi connectivity index (χ1) is 15.3. The van der Waals surface area contributed by atoms with Gasteiger partial charge in [0.15, 0.2) is 0 Å². The number of carbonyl (C=O) groups is 1. The molecule has 1 saturated heterocycles. The highest BCUT2D eigenvalue weighted by Crippen LogP contribution is 2.24. The fourth-order valence-electron chi connectivity index (χ4n) is 3.97. The number of morpholine rings is 1. The van der Waals surface area contributed by atoms with Crippen molar-refractivity contribution in [2.45, 2.75) is 38.8 Å². The Balaban J connectivity index is 1.59. The van der Waals surface area contributed by atoms with Crippen LogP contribution in [-0.4, -0.2) is 54.5 Å². The monoisotopic (exact) mass is 457 g/mol. The maximum Gasteiger partial charge on any atom is 0.338 e. The van der Waals surface area contributed by atoms with Crippen molar-refractivity contribution in [1.82, 2.24) is 13.9 Å². The molecule has 0 unspecified atom stereocenters. The fraction of sp³-hybridized carbons (Fsp3) is 0.391. The standard InChI is InChI=1S/C23H27N3O5S/c1-4-26-21-8-6-18(32(28,29)25-9-11-30-12-10-25)14-20(21)24-22(26)15-31-23(27)19-7-5-16(2)13-17(19)3/h5-8,13-14H,4,9-12,15H2,1-3H3. The van der Waals surface area contributed by atoms with E-state index in [1.54, 1.807) is 24.3 Å². The molecule has 1 fully saturated rings. The van der Waals surface area contributed by atoms with Crippen LogP contribution in [0.3, 0.4) is 0 Å². The van der Waals surface area contributed by atoms with E-state index in [1.807, 2.05) is 37.5 Å². The molecule has 0 aliphatic carbocycles. The van der Waals surface area contributed by atoms with Crippen molar-refractivity contribution in [3.63, 3.8) is 0 Å². The lowest BCUT2D eigenvalue weighted by molar-refractivity contribution is 0.0458. The molecule has 32 heavy (non-hydrogen) atoms. The Kier molecular flexibility index (Phi) is 6.32. The summed E-state index contributed by atoms with van der Waals surface area (Å²) in [6, 6.07) is 10.5. The van der Waals surface area contributed by atoms with Crippen LogP contribution in [0.25, 0.3) is 11.0 Å². The zero-order valence-corrected chi connectivity index (χ0v) is 19.3. The van der Waals surface area contributed by atoms with E-state index in [4.69, 9.17) is 9.47 Å². The van der Waals surface area contributed by atoms with Crippen LogP contribution in [0.2, 0.25) is 0 Å². The third kappa shape index (κ3) is 4.28. The molecule has 0 N–H and O–H groups in total. The van der Waals surface area contributed by atoms with Crippen LogP contribution in [0.15, 0.2) is 41.3 Å². The molecule has 4 rings (SSSR count). The van der Waals surface area contributed by atoms with Crippen molar-refractivity contribution in [1.29, 1.82) is 0 Å². The number of rotatable bonds is 6. The summed E-state index contributed by atoms with van der Waals surface area (Å²) in [5.74, 6) is 0.161. The van der Waals surface area contributed by atoms with Gasteiger partial charge in [0.2, 0.25) is 10.0 Å². The molecule has 3 aromatic rings. The van der Waals surface area contributed by atoms with Crippen molar-refractivity contribution in [3.05, 3.63) is 58.9 Å². The highest BCUT2D eigenvalue weighted by atomic mass is 32.2. The van der Waals surface area contributed by atoms with Crippen LogP contribution < -0.4 is 0 Å². The summed E-state index contributed by atoms with van der Waals surface area (Å²) >= 11 is 0. The largest absolute Gasteiger partial charge is 0.454 e. The number of carbonyl (C=O) groups excluding carboxylic acids is 1. The van der Waals surface area contributed by atoms with Crippen molar-refractivity contribution in [2.24, 2.45) is 0 Å². The number of aromatic nitrogens is 2. The Labute approximate surface area is 187 Å². The molecule has 0 amide bonds. The van der Waals surface area contributed by atoms with Crippen LogP contribution in [0.4, 0.5) is 0 Å². The molecule has 0 radical (unpaired) electrons. The van der Waals surface area contributed by atoms with Gasteiger partial charge in [0.05, 0.1) is 34.7 Å². The number of ether oxygens (including phenoxy) is 2. The average molecular weight is 458 g/mol. The van der Waals surface area contributed by atoms with Gasteiger partial charge in [-0.2, -0.15) is 4.31 Å². The Morgan fingerprint density at radius 1 is 1.12 bits per heavy atom. The second-order valence-electron chi connectivity index (χ2n) is 7.83. The maximum absolute atomic E-state index is 13.0.